The van der Waals surface area contributed by atoms with Gasteiger partial charge in [-0.25, -0.2) is 57.2 Å². The average molecular weight is 1720 g/mol. The molecule has 2 N–H and O–H groups in total. The SMILES string of the molecule is C#CCC1CN(C(=O)C=C)CCN1c1nc(=O)n(CC(C)(C)C)c2nc(-c3ccccc3F)c(Cl)cc12.C#Cc1nc(C)c(N2C(=C)N=C(N3CC(C)N(C(=O)C=C)CC3C)c3cc(Cl)c(-c4ccccc4F)nc32)c(C(C)C)n1.C=CC(=O)N1CCN(c2nc(=O)n(-c3c(C)ccnc3C(C)C)c3nc(-c4c(N)cccc4F)c(Cl)cc23)CC1CC#N. The highest BCUT2D eigenvalue weighted by atomic mass is 35.5. The van der Waals surface area contributed by atoms with Gasteiger partial charge in [-0.1, -0.05) is 140 Å². The van der Waals surface area contributed by atoms with E-state index in [0.29, 0.717) is 132 Å². The first-order valence-electron chi connectivity index (χ1n) is 39.8. The molecule has 10 aromatic rings. The van der Waals surface area contributed by atoms with Gasteiger partial charge in [-0.3, -0.25) is 28.8 Å². The van der Waals surface area contributed by atoms with Gasteiger partial charge in [0.25, 0.3) is 0 Å². The van der Waals surface area contributed by atoms with E-state index in [0.717, 1.165) is 5.56 Å². The molecule has 0 spiro atoms. The number of hydrogen-bond donors (Lipinski definition) is 1. The molecule has 4 atom stereocenters. The molecule has 0 bridgehead atoms. The van der Waals surface area contributed by atoms with Crippen molar-refractivity contribution in [1.82, 2.24) is 68.6 Å². The summed E-state index contributed by atoms with van der Waals surface area (Å²) < 4.78 is 47.8. The number of hydrogen-bond acceptors (Lipinski definition) is 20. The number of fused-ring (bicyclic) bond motifs is 3. The number of nitrogen functional groups attached to an aromatic ring is 1. The molecule has 3 amide bonds. The highest BCUT2D eigenvalue weighted by Gasteiger charge is 2.41. The summed E-state index contributed by atoms with van der Waals surface area (Å²) in [6, 6.07) is 24.9. The van der Waals surface area contributed by atoms with Crippen LogP contribution in [0.2, 0.25) is 15.1 Å². The Morgan fingerprint density at radius 3 is 1.84 bits per heavy atom. The predicted octanol–water partition coefficient (Wildman–Crippen LogP) is 15.5. The van der Waals surface area contributed by atoms with Crippen molar-refractivity contribution in [3.63, 3.8) is 0 Å². The number of aliphatic imine (C=N–C) groups is 1. The number of piperazine rings is 3. The van der Waals surface area contributed by atoms with Gasteiger partial charge in [-0.05, 0) is 135 Å². The minimum absolute atomic E-state index is 0.0180. The minimum atomic E-state index is -0.621. The van der Waals surface area contributed by atoms with E-state index in [1.165, 1.54) is 51.6 Å². The number of benzene rings is 3. The molecular weight excluding hydrogens is 1630 g/mol. The summed E-state index contributed by atoms with van der Waals surface area (Å²) in [6.07, 6.45) is 17.3. The topological polar surface area (TPSA) is 283 Å². The number of terminal acetylenes is 2. The first kappa shape index (κ1) is 89.2. The molecule has 31 heteroatoms. The van der Waals surface area contributed by atoms with Crippen molar-refractivity contribution in [2.24, 2.45) is 10.4 Å². The van der Waals surface area contributed by atoms with Crippen LogP contribution >= 0.6 is 34.8 Å². The lowest BCUT2D eigenvalue weighted by Crippen LogP contribution is -2.59. The van der Waals surface area contributed by atoms with E-state index in [-0.39, 0.29) is 139 Å². The lowest BCUT2D eigenvalue weighted by Gasteiger charge is -2.46. The number of rotatable bonds is 15. The number of carbonyl (C=O) groups is 3. The molecule has 0 radical (unpaired) electrons. The van der Waals surface area contributed by atoms with Crippen LogP contribution in [0.4, 0.5) is 42.0 Å². The Labute approximate surface area is 726 Å². The zero-order valence-electron chi connectivity index (χ0n) is 70.1. The van der Waals surface area contributed by atoms with E-state index >= 15 is 8.78 Å². The van der Waals surface area contributed by atoms with Crippen LogP contribution in [-0.2, 0) is 20.9 Å². The number of amides is 3. The summed E-state index contributed by atoms with van der Waals surface area (Å²) in [7, 11) is 0. The third kappa shape index (κ3) is 18.2. The lowest BCUT2D eigenvalue weighted by atomic mass is 9.97. The van der Waals surface area contributed by atoms with E-state index in [1.807, 2.05) is 86.0 Å². The van der Waals surface area contributed by atoms with E-state index in [1.54, 1.807) is 92.5 Å². The first-order chi connectivity index (χ1) is 58.6. The van der Waals surface area contributed by atoms with Crippen LogP contribution in [0.5, 0.6) is 0 Å². The van der Waals surface area contributed by atoms with Gasteiger partial charge in [0.1, 0.15) is 46.4 Å². The van der Waals surface area contributed by atoms with E-state index in [2.05, 4.69) is 74.0 Å². The van der Waals surface area contributed by atoms with Gasteiger partial charge < -0.3 is 35.1 Å². The second kappa shape index (κ2) is 37.1. The van der Waals surface area contributed by atoms with Crippen molar-refractivity contribution in [3.8, 4) is 70.2 Å². The van der Waals surface area contributed by atoms with Crippen molar-refractivity contribution in [1.29, 1.82) is 5.26 Å². The molecule has 0 aliphatic carbocycles. The summed E-state index contributed by atoms with van der Waals surface area (Å²) in [4.78, 5) is 120. The largest absolute Gasteiger partial charge is 0.398 e. The third-order valence-corrected chi connectivity index (χ3v) is 22.4. The predicted molar refractivity (Wildman–Crippen MR) is 479 cm³/mol. The van der Waals surface area contributed by atoms with Gasteiger partial charge >= 0.3 is 11.4 Å². The zero-order valence-corrected chi connectivity index (χ0v) is 72.3. The number of aryl methyl sites for hydroxylation is 2. The molecule has 4 aliphatic rings. The van der Waals surface area contributed by atoms with Gasteiger partial charge in [0.05, 0.1) is 107 Å². The number of amidine groups is 1. The van der Waals surface area contributed by atoms with Crippen LogP contribution in [0.3, 0.4) is 0 Å². The number of nitrogens with zero attached hydrogens (tertiary/aromatic N) is 19. The quantitative estimate of drug-likeness (QED) is 0.0567. The van der Waals surface area contributed by atoms with Crippen LogP contribution < -0.4 is 31.8 Å². The Morgan fingerprint density at radius 1 is 0.626 bits per heavy atom. The number of anilines is 5. The molecule has 3 fully saturated rings. The average Bonchev–Trinajstić information content (AvgIpc) is 0.745. The Bertz CT molecular complexity index is 6220. The smallest absolute Gasteiger partial charge is 0.355 e. The molecule has 25 nitrogen and oxygen atoms in total. The van der Waals surface area contributed by atoms with Gasteiger partial charge in [0, 0.05) is 100 Å². The molecule has 7 aromatic heterocycles. The fourth-order valence-corrected chi connectivity index (χ4v) is 16.5. The second-order valence-corrected chi connectivity index (χ2v) is 33.2. The Morgan fingerprint density at radius 2 is 1.23 bits per heavy atom. The van der Waals surface area contributed by atoms with Gasteiger partial charge in [-0.15, -0.1) is 18.8 Å². The number of halogens is 6. The highest BCUT2D eigenvalue weighted by Crippen LogP contribution is 2.46. The standard InChI is InChI=1S/C33H33ClFN7O.C31H30ClFN8O2.C28H29ClFN5O2/c1-9-27-36-21(7)31(29(38-27)18(3)4)42-22(8)37-32(41-17-19(5)40(16-20(41)6)28(43)10-2)24-15-25(34)30(39-33(24)42)23-13-11-12-14-26(23)35;1-5-24(42)40-14-13-39(16-19(40)9-11-34)29-20-15-21(32)27(25-22(33)7-6-8-23(25)35)37-30(20)41(31(43)38-29)28-18(4)10-12-36-26(28)17(2)3;1-6-10-18-16-33(23(36)7-2)13-14-34(18)26-20-15-21(29)24(19-11-8-9-12-22(19)30)31-25(20)35(27(37)32-26)17-28(3,4)5/h1,10-15,18-20H,2,8,16-17H2,3-7H3;5-8,10,12,15,17,19H,1,9,13-14,16,35H2,2-4H3;1,7-9,11-12,15,18H,2,10,13-14,16-17H2,3-5H3. The summed E-state index contributed by atoms with van der Waals surface area (Å²) in [5, 5.41) is 11.1. The van der Waals surface area contributed by atoms with Crippen LogP contribution in [-0.4, -0.2) is 169 Å². The maximum atomic E-state index is 15.1. The van der Waals surface area contributed by atoms with Crippen LogP contribution in [0.1, 0.15) is 121 Å². The van der Waals surface area contributed by atoms with Gasteiger partial charge in [0.2, 0.25) is 23.5 Å². The molecule has 4 unspecified atom stereocenters. The number of nitriles is 1. The number of pyridine rings is 4. The lowest BCUT2D eigenvalue weighted by molar-refractivity contribution is -0.131. The third-order valence-electron chi connectivity index (χ3n) is 21.5. The normalized spacial score (nSPS) is 16.5. The number of carbonyl (C=O) groups excluding carboxylic acids is 3. The highest BCUT2D eigenvalue weighted by molar-refractivity contribution is 6.35. The molecule has 3 aromatic carbocycles. The van der Waals surface area contributed by atoms with Crippen LogP contribution in [0.15, 0.2) is 162 Å². The molecule has 123 heavy (non-hydrogen) atoms. The molecule has 11 heterocycles. The second-order valence-electron chi connectivity index (χ2n) is 32.0. The summed E-state index contributed by atoms with van der Waals surface area (Å²) in [6.45, 7) is 40.2. The van der Waals surface area contributed by atoms with E-state index < -0.39 is 34.9 Å². The van der Waals surface area contributed by atoms with Crippen LogP contribution in [0, 0.1) is 72.7 Å². The summed E-state index contributed by atoms with van der Waals surface area (Å²) >= 11 is 20.3. The molecule has 4 aliphatic heterocycles. The van der Waals surface area contributed by atoms with Crippen molar-refractivity contribution in [3.05, 3.63) is 235 Å². The molecular formula is C92H92Cl3F3N20O5. The van der Waals surface area contributed by atoms with Crippen molar-refractivity contribution < 1.29 is 27.6 Å². The first-order valence-corrected chi connectivity index (χ1v) is 40.9. The Hall–Kier alpha value is -13.1. The monoisotopic (exact) mass is 1720 g/mol. The number of aromatic nitrogens is 10. The fraction of sp³-hybridized carbons (Fsp3) is 0.315. The molecule has 632 valence electrons. The van der Waals surface area contributed by atoms with Crippen molar-refractivity contribution in [2.75, 3.05) is 72.8 Å². The summed E-state index contributed by atoms with van der Waals surface area (Å²) in [5.41, 5.74) is 11.2. The maximum Gasteiger partial charge on any atom is 0.355 e. The zero-order chi connectivity index (χ0) is 89.1. The fourth-order valence-electron chi connectivity index (χ4n) is 15.8. The minimum Gasteiger partial charge on any atom is -0.398 e. The molecule has 0 saturated carbocycles. The van der Waals surface area contributed by atoms with Gasteiger partial charge in [0.15, 0.2) is 11.5 Å². The maximum absolute atomic E-state index is 15.1. The molecule has 14 rings (SSSR count). The van der Waals surface area contributed by atoms with E-state index in [9.17, 15) is 33.6 Å². The van der Waals surface area contributed by atoms with Gasteiger partial charge in [-0.2, -0.15) is 15.2 Å². The molecule has 3 saturated heterocycles. The van der Waals surface area contributed by atoms with Crippen molar-refractivity contribution in [2.45, 2.75) is 132 Å². The Kier molecular flexibility index (Phi) is 26.9. The van der Waals surface area contributed by atoms with Crippen molar-refractivity contribution >= 4 is 109 Å². The number of nitrogens with two attached hydrogens (primary N) is 1. The summed E-state index contributed by atoms with van der Waals surface area (Å²) in [5.74, 6) is 5.44. The van der Waals surface area contributed by atoms with E-state index in [4.69, 9.17) is 73.3 Å². The Balaban J connectivity index is 0.000000169. The van der Waals surface area contributed by atoms with Crippen LogP contribution in [0.25, 0.3) is 61.5 Å².